The molecule has 1 aromatic rings. The molecular formula is C13H18N2O4. The van der Waals surface area contributed by atoms with Crippen LogP contribution < -0.4 is 10.2 Å². The van der Waals surface area contributed by atoms with Gasteiger partial charge in [-0.3, -0.25) is 4.84 Å². The highest BCUT2D eigenvalue weighted by molar-refractivity contribution is 5.34. The Morgan fingerprint density at radius 2 is 2.05 bits per heavy atom. The van der Waals surface area contributed by atoms with Crippen LogP contribution >= 0.6 is 0 Å². The van der Waals surface area contributed by atoms with Gasteiger partial charge in [-0.15, -0.1) is 0 Å². The minimum Gasteiger partial charge on any atom is -0.491 e. The van der Waals surface area contributed by atoms with Crippen molar-refractivity contribution in [3.05, 3.63) is 29.8 Å². The number of nitriles is 1. The van der Waals surface area contributed by atoms with E-state index in [1.54, 1.807) is 31.4 Å². The highest BCUT2D eigenvalue weighted by Crippen LogP contribution is 2.11. The highest BCUT2D eigenvalue weighted by Gasteiger charge is 2.05. The molecule has 19 heavy (non-hydrogen) atoms. The van der Waals surface area contributed by atoms with Crippen molar-refractivity contribution in [1.82, 2.24) is 5.48 Å². The predicted molar refractivity (Wildman–Crippen MR) is 68.5 cm³/mol. The molecule has 0 fully saturated rings. The second-order valence-corrected chi connectivity index (χ2v) is 3.79. The Hall–Kier alpha value is -1.65. The number of hydrogen-bond acceptors (Lipinski definition) is 6. The number of nitrogens with zero attached hydrogens (tertiary/aromatic N) is 1. The summed E-state index contributed by atoms with van der Waals surface area (Å²) in [5, 5.41) is 18.3. The van der Waals surface area contributed by atoms with Gasteiger partial charge >= 0.3 is 0 Å². The van der Waals surface area contributed by atoms with Crippen molar-refractivity contribution in [2.45, 2.75) is 6.10 Å². The molecule has 1 atom stereocenters. The summed E-state index contributed by atoms with van der Waals surface area (Å²) in [4.78, 5) is 5.00. The fraction of sp³-hybridized carbons (Fsp3) is 0.462. The van der Waals surface area contributed by atoms with Crippen LogP contribution in [-0.2, 0) is 9.57 Å². The Labute approximate surface area is 112 Å². The molecule has 1 rings (SSSR count). The molecule has 0 spiro atoms. The summed E-state index contributed by atoms with van der Waals surface area (Å²) in [6, 6.07) is 8.72. The van der Waals surface area contributed by atoms with Crippen LogP contribution in [0.25, 0.3) is 0 Å². The quantitative estimate of drug-likeness (QED) is 0.499. The lowest BCUT2D eigenvalue weighted by Gasteiger charge is -2.13. The van der Waals surface area contributed by atoms with Crippen molar-refractivity contribution in [3.8, 4) is 11.8 Å². The van der Waals surface area contributed by atoms with E-state index in [9.17, 15) is 5.11 Å². The SMILES string of the molecule is COCCONCC(O)COc1ccc(C#N)cc1. The number of nitrogens with one attached hydrogen (secondary N) is 1. The van der Waals surface area contributed by atoms with Gasteiger partial charge in [0.15, 0.2) is 0 Å². The number of ether oxygens (including phenoxy) is 2. The first-order valence-corrected chi connectivity index (χ1v) is 5.91. The van der Waals surface area contributed by atoms with Crippen LogP contribution in [0.5, 0.6) is 5.75 Å². The lowest BCUT2D eigenvalue weighted by atomic mass is 10.2. The van der Waals surface area contributed by atoms with Gasteiger partial charge in [-0.05, 0) is 24.3 Å². The first kappa shape index (κ1) is 15.4. The molecule has 0 amide bonds. The van der Waals surface area contributed by atoms with Crippen molar-refractivity contribution in [3.63, 3.8) is 0 Å². The van der Waals surface area contributed by atoms with E-state index in [2.05, 4.69) is 5.48 Å². The fourth-order valence-corrected chi connectivity index (χ4v) is 1.23. The predicted octanol–water partition coefficient (Wildman–Crippen LogP) is 0.466. The molecule has 0 saturated heterocycles. The third kappa shape index (κ3) is 6.74. The van der Waals surface area contributed by atoms with Crippen molar-refractivity contribution < 1.29 is 19.4 Å². The maximum absolute atomic E-state index is 9.62. The number of aliphatic hydroxyl groups excluding tert-OH is 1. The lowest BCUT2D eigenvalue weighted by molar-refractivity contribution is -0.0173. The van der Waals surface area contributed by atoms with Crippen molar-refractivity contribution in [2.75, 3.05) is 33.5 Å². The van der Waals surface area contributed by atoms with Crippen LogP contribution in [0.4, 0.5) is 0 Å². The van der Waals surface area contributed by atoms with Crippen molar-refractivity contribution in [1.29, 1.82) is 5.26 Å². The van der Waals surface area contributed by atoms with E-state index in [0.717, 1.165) is 0 Å². The van der Waals surface area contributed by atoms with Gasteiger partial charge in [0.2, 0.25) is 0 Å². The van der Waals surface area contributed by atoms with Crippen LogP contribution in [0.1, 0.15) is 5.56 Å². The number of hydroxylamine groups is 1. The summed E-state index contributed by atoms with van der Waals surface area (Å²) in [6.07, 6.45) is -0.682. The summed E-state index contributed by atoms with van der Waals surface area (Å²) in [7, 11) is 1.59. The highest BCUT2D eigenvalue weighted by atomic mass is 16.7. The van der Waals surface area contributed by atoms with E-state index in [4.69, 9.17) is 19.6 Å². The van der Waals surface area contributed by atoms with Crippen molar-refractivity contribution in [2.24, 2.45) is 0 Å². The Kier molecular flexibility index (Phi) is 7.54. The average molecular weight is 266 g/mol. The zero-order valence-electron chi connectivity index (χ0n) is 10.8. The number of rotatable bonds is 9. The first-order valence-electron chi connectivity index (χ1n) is 5.91. The second-order valence-electron chi connectivity index (χ2n) is 3.79. The van der Waals surface area contributed by atoms with Crippen LogP contribution in [0.3, 0.4) is 0 Å². The maximum atomic E-state index is 9.62. The molecule has 0 aliphatic heterocycles. The van der Waals surface area contributed by atoms with Crippen molar-refractivity contribution >= 4 is 0 Å². The molecule has 0 bridgehead atoms. The molecule has 0 aliphatic carbocycles. The first-order chi connectivity index (χ1) is 9.26. The smallest absolute Gasteiger partial charge is 0.119 e. The van der Waals surface area contributed by atoms with Gasteiger partial charge in [-0.1, -0.05) is 0 Å². The molecule has 6 nitrogen and oxygen atoms in total. The molecule has 0 saturated carbocycles. The Morgan fingerprint density at radius 3 is 2.68 bits per heavy atom. The summed E-state index contributed by atoms with van der Waals surface area (Å²) < 4.78 is 10.2. The standard InChI is InChI=1S/C13H18N2O4/c1-17-6-7-19-15-9-12(16)10-18-13-4-2-11(8-14)3-5-13/h2-5,12,15-16H,6-7,9-10H2,1H3. The van der Waals surface area contributed by atoms with Gasteiger partial charge in [-0.25, -0.2) is 0 Å². The molecule has 0 radical (unpaired) electrons. The third-order valence-corrected chi connectivity index (χ3v) is 2.24. The number of aliphatic hydroxyl groups is 1. The molecule has 0 aliphatic rings. The zero-order chi connectivity index (χ0) is 13.9. The number of hydrogen-bond donors (Lipinski definition) is 2. The molecule has 0 aromatic heterocycles. The third-order valence-electron chi connectivity index (χ3n) is 2.24. The minimum atomic E-state index is -0.682. The van der Waals surface area contributed by atoms with Gasteiger partial charge < -0.3 is 14.6 Å². The van der Waals surface area contributed by atoms with Crippen LogP contribution in [0.2, 0.25) is 0 Å². The molecule has 0 heterocycles. The van der Waals surface area contributed by atoms with Gasteiger partial charge in [0, 0.05) is 7.11 Å². The Balaban J connectivity index is 2.15. The number of benzene rings is 1. The fourth-order valence-electron chi connectivity index (χ4n) is 1.23. The van der Waals surface area contributed by atoms with E-state index < -0.39 is 6.10 Å². The van der Waals surface area contributed by atoms with Crippen LogP contribution in [-0.4, -0.2) is 44.7 Å². The molecular weight excluding hydrogens is 248 g/mol. The monoisotopic (exact) mass is 266 g/mol. The van der Waals surface area contributed by atoms with Gasteiger partial charge in [-0.2, -0.15) is 10.7 Å². The summed E-state index contributed by atoms with van der Waals surface area (Å²) >= 11 is 0. The van der Waals surface area contributed by atoms with Crippen LogP contribution in [0, 0.1) is 11.3 Å². The normalized spacial score (nSPS) is 11.8. The number of methoxy groups -OCH3 is 1. The van der Waals surface area contributed by atoms with E-state index in [0.29, 0.717) is 24.5 Å². The zero-order valence-corrected chi connectivity index (χ0v) is 10.8. The molecule has 1 unspecified atom stereocenters. The Bertz CT molecular complexity index is 389. The topological polar surface area (TPSA) is 83.7 Å². The van der Waals surface area contributed by atoms with E-state index in [-0.39, 0.29) is 13.2 Å². The molecule has 6 heteroatoms. The summed E-state index contributed by atoms with van der Waals surface area (Å²) in [5.41, 5.74) is 3.19. The maximum Gasteiger partial charge on any atom is 0.119 e. The second kappa shape index (κ2) is 9.30. The lowest BCUT2D eigenvalue weighted by Crippen LogP contribution is -2.32. The van der Waals surface area contributed by atoms with Gasteiger partial charge in [0.1, 0.15) is 18.5 Å². The Morgan fingerprint density at radius 1 is 1.32 bits per heavy atom. The largest absolute Gasteiger partial charge is 0.491 e. The van der Waals surface area contributed by atoms with E-state index in [1.165, 1.54) is 0 Å². The van der Waals surface area contributed by atoms with E-state index >= 15 is 0 Å². The van der Waals surface area contributed by atoms with E-state index in [1.807, 2.05) is 6.07 Å². The molecule has 1 aromatic carbocycles. The minimum absolute atomic E-state index is 0.145. The molecule has 2 N–H and O–H groups in total. The summed E-state index contributed by atoms with van der Waals surface area (Å²) in [6.45, 7) is 1.32. The van der Waals surface area contributed by atoms with Gasteiger partial charge in [0.05, 0.1) is 31.4 Å². The molecule has 104 valence electrons. The van der Waals surface area contributed by atoms with Crippen LogP contribution in [0.15, 0.2) is 24.3 Å². The summed E-state index contributed by atoms with van der Waals surface area (Å²) in [5.74, 6) is 0.610. The average Bonchev–Trinajstić information content (AvgIpc) is 2.45. The van der Waals surface area contributed by atoms with Gasteiger partial charge in [0.25, 0.3) is 0 Å².